The second-order valence-corrected chi connectivity index (χ2v) is 3.94. The highest BCUT2D eigenvalue weighted by Crippen LogP contribution is 2.15. The molecule has 1 N–H and O–H groups in total. The van der Waals surface area contributed by atoms with Crippen LogP contribution in [0.4, 0.5) is 0 Å². The van der Waals surface area contributed by atoms with E-state index in [0.717, 1.165) is 5.56 Å². The van der Waals surface area contributed by atoms with Crippen LogP contribution in [0.3, 0.4) is 0 Å². The zero-order chi connectivity index (χ0) is 12.8. The third kappa shape index (κ3) is 4.68. The second-order valence-electron chi connectivity index (χ2n) is 3.94. The maximum absolute atomic E-state index is 10.8. The molecule has 0 aliphatic heterocycles. The van der Waals surface area contributed by atoms with Crippen LogP contribution >= 0.6 is 0 Å². The number of rotatable bonds is 6. The number of hydrogen-bond donors (Lipinski definition) is 1. The van der Waals surface area contributed by atoms with Crippen LogP contribution < -0.4 is 4.74 Å². The number of carbonyl (C=O) groups excluding carboxylic acids is 1. The van der Waals surface area contributed by atoms with Crippen molar-refractivity contribution in [2.45, 2.75) is 32.8 Å². The van der Waals surface area contributed by atoms with Crippen molar-refractivity contribution in [3.05, 3.63) is 29.8 Å². The zero-order valence-corrected chi connectivity index (χ0v) is 9.97. The summed E-state index contributed by atoms with van der Waals surface area (Å²) in [6.07, 6.45) is 0.355. The first-order chi connectivity index (χ1) is 7.99. The van der Waals surface area contributed by atoms with Gasteiger partial charge in [0, 0.05) is 6.42 Å². The lowest BCUT2D eigenvalue weighted by atomic mass is 10.1. The lowest BCUT2D eigenvalue weighted by Gasteiger charge is -2.10. The average molecular weight is 236 g/mol. The van der Waals surface area contributed by atoms with Gasteiger partial charge in [0.1, 0.15) is 11.5 Å². The normalized spacial score (nSPS) is 11.9. The van der Waals surface area contributed by atoms with E-state index in [1.54, 1.807) is 19.1 Å². The summed E-state index contributed by atoms with van der Waals surface area (Å²) in [5, 5.41) is 8.68. The lowest BCUT2D eigenvalue weighted by molar-refractivity contribution is -0.144. The van der Waals surface area contributed by atoms with Gasteiger partial charge in [0.25, 0.3) is 0 Å². The van der Waals surface area contributed by atoms with Crippen molar-refractivity contribution < 1.29 is 19.4 Å². The number of carbonyl (C=O) groups is 2. The summed E-state index contributed by atoms with van der Waals surface area (Å²) in [7, 11) is 0. The number of aryl methyl sites for hydroxylation is 1. The number of carboxylic acids is 1. The molecule has 92 valence electrons. The van der Waals surface area contributed by atoms with Crippen molar-refractivity contribution in [3.8, 4) is 5.75 Å². The standard InChI is InChI=1S/C13H16O4/c1-9(14)3-4-11-5-7-12(8-6-11)17-10(2)13(15)16/h5-8,10H,3-4H2,1-2H3,(H,15,16). The Hall–Kier alpha value is -1.84. The molecule has 0 heterocycles. The van der Waals surface area contributed by atoms with Crippen molar-refractivity contribution in [1.29, 1.82) is 0 Å². The molecular formula is C13H16O4. The van der Waals surface area contributed by atoms with E-state index in [0.29, 0.717) is 18.6 Å². The molecule has 0 spiro atoms. The number of ether oxygens (including phenoxy) is 1. The highest BCUT2D eigenvalue weighted by molar-refractivity contribution is 5.75. The Morgan fingerprint density at radius 3 is 2.35 bits per heavy atom. The Morgan fingerprint density at radius 2 is 1.88 bits per heavy atom. The molecule has 1 aromatic carbocycles. The molecule has 1 rings (SSSR count). The first-order valence-corrected chi connectivity index (χ1v) is 5.47. The van der Waals surface area contributed by atoms with Crippen molar-refractivity contribution in [2.24, 2.45) is 0 Å². The van der Waals surface area contributed by atoms with Crippen molar-refractivity contribution in [3.63, 3.8) is 0 Å². The number of Topliss-reactive ketones (excluding diaryl/α,β-unsaturated/α-hetero) is 1. The Labute approximate surface area is 100 Å². The molecule has 0 fully saturated rings. The first kappa shape index (κ1) is 13.2. The molecule has 1 atom stereocenters. The maximum atomic E-state index is 10.8. The molecule has 0 saturated heterocycles. The summed E-state index contributed by atoms with van der Waals surface area (Å²) in [6.45, 7) is 3.04. The van der Waals surface area contributed by atoms with Gasteiger partial charge >= 0.3 is 5.97 Å². The minimum atomic E-state index is -0.995. The number of hydrogen-bond acceptors (Lipinski definition) is 3. The molecule has 4 heteroatoms. The van der Waals surface area contributed by atoms with Crippen LogP contribution in [0.25, 0.3) is 0 Å². The maximum Gasteiger partial charge on any atom is 0.344 e. The number of aliphatic carboxylic acids is 1. The fraction of sp³-hybridized carbons (Fsp3) is 0.385. The monoisotopic (exact) mass is 236 g/mol. The van der Waals surface area contributed by atoms with Crippen LogP contribution in [0.2, 0.25) is 0 Å². The molecule has 0 amide bonds. The topological polar surface area (TPSA) is 63.6 Å². The van der Waals surface area contributed by atoms with Crippen LogP contribution in [-0.2, 0) is 16.0 Å². The van der Waals surface area contributed by atoms with Crippen molar-refractivity contribution >= 4 is 11.8 Å². The largest absolute Gasteiger partial charge is 0.479 e. The summed E-state index contributed by atoms with van der Waals surface area (Å²) < 4.78 is 5.19. The molecule has 1 aromatic rings. The van der Waals surface area contributed by atoms with E-state index in [2.05, 4.69) is 0 Å². The Bertz CT molecular complexity index is 394. The molecule has 4 nitrogen and oxygen atoms in total. The van der Waals surface area contributed by atoms with Gasteiger partial charge in [-0.3, -0.25) is 0 Å². The number of benzene rings is 1. The highest BCUT2D eigenvalue weighted by Gasteiger charge is 2.11. The van der Waals surface area contributed by atoms with Gasteiger partial charge in [-0.15, -0.1) is 0 Å². The smallest absolute Gasteiger partial charge is 0.344 e. The van der Waals surface area contributed by atoms with Gasteiger partial charge < -0.3 is 14.6 Å². The summed E-state index contributed by atoms with van der Waals surface area (Å²) >= 11 is 0. The Morgan fingerprint density at radius 1 is 1.29 bits per heavy atom. The van der Waals surface area contributed by atoms with E-state index < -0.39 is 12.1 Å². The molecule has 0 bridgehead atoms. The van der Waals surface area contributed by atoms with Crippen LogP contribution in [0.5, 0.6) is 5.75 Å². The molecular weight excluding hydrogens is 220 g/mol. The van der Waals surface area contributed by atoms with Gasteiger partial charge in [0.15, 0.2) is 6.10 Å². The van der Waals surface area contributed by atoms with Crippen molar-refractivity contribution in [1.82, 2.24) is 0 Å². The van der Waals surface area contributed by atoms with Crippen molar-refractivity contribution in [2.75, 3.05) is 0 Å². The minimum Gasteiger partial charge on any atom is -0.479 e. The average Bonchev–Trinajstić information content (AvgIpc) is 2.28. The summed E-state index contributed by atoms with van der Waals surface area (Å²) in [6, 6.07) is 7.11. The van der Waals surface area contributed by atoms with E-state index in [-0.39, 0.29) is 5.78 Å². The van der Waals surface area contributed by atoms with Gasteiger partial charge in [0.05, 0.1) is 0 Å². The predicted molar refractivity (Wildman–Crippen MR) is 63.2 cm³/mol. The minimum absolute atomic E-state index is 0.157. The molecule has 0 aliphatic carbocycles. The SMILES string of the molecule is CC(=O)CCc1ccc(OC(C)C(=O)O)cc1. The third-order valence-corrected chi connectivity index (χ3v) is 2.35. The van der Waals surface area contributed by atoms with Crippen LogP contribution in [0.1, 0.15) is 25.8 Å². The Kier molecular flexibility index (Phi) is 4.69. The van der Waals surface area contributed by atoms with Crippen LogP contribution in [0.15, 0.2) is 24.3 Å². The van der Waals surface area contributed by atoms with Crippen LogP contribution in [0, 0.1) is 0 Å². The predicted octanol–water partition coefficient (Wildman–Crippen LogP) is 2.06. The second kappa shape index (κ2) is 6.03. The zero-order valence-electron chi connectivity index (χ0n) is 9.97. The molecule has 1 unspecified atom stereocenters. The third-order valence-electron chi connectivity index (χ3n) is 2.35. The van der Waals surface area contributed by atoms with Gasteiger partial charge in [-0.2, -0.15) is 0 Å². The fourth-order valence-corrected chi connectivity index (χ4v) is 1.31. The van der Waals surface area contributed by atoms with E-state index in [1.165, 1.54) is 6.92 Å². The number of carboxylic acid groups (broad SMARTS) is 1. The van der Waals surface area contributed by atoms with E-state index in [9.17, 15) is 9.59 Å². The molecule has 0 radical (unpaired) electrons. The molecule has 17 heavy (non-hydrogen) atoms. The van der Waals surface area contributed by atoms with Crippen LogP contribution in [-0.4, -0.2) is 23.0 Å². The summed E-state index contributed by atoms with van der Waals surface area (Å²) in [5.41, 5.74) is 1.04. The summed E-state index contributed by atoms with van der Waals surface area (Å²) in [4.78, 5) is 21.4. The molecule has 0 aromatic heterocycles. The van der Waals surface area contributed by atoms with Gasteiger partial charge in [0.2, 0.25) is 0 Å². The number of ketones is 1. The van der Waals surface area contributed by atoms with Gasteiger partial charge in [-0.25, -0.2) is 4.79 Å². The van der Waals surface area contributed by atoms with Gasteiger partial charge in [-0.05, 0) is 38.0 Å². The van der Waals surface area contributed by atoms with E-state index in [4.69, 9.17) is 9.84 Å². The van der Waals surface area contributed by atoms with Gasteiger partial charge in [-0.1, -0.05) is 12.1 Å². The van der Waals surface area contributed by atoms with E-state index >= 15 is 0 Å². The molecule has 0 aliphatic rings. The quantitative estimate of drug-likeness (QED) is 0.821. The fourth-order valence-electron chi connectivity index (χ4n) is 1.31. The highest BCUT2D eigenvalue weighted by atomic mass is 16.5. The summed E-state index contributed by atoms with van der Waals surface area (Å²) in [5.74, 6) is -0.318. The molecule has 0 saturated carbocycles. The first-order valence-electron chi connectivity index (χ1n) is 5.47. The lowest BCUT2D eigenvalue weighted by Crippen LogP contribution is -2.22. The Balaban J connectivity index is 2.55. The van der Waals surface area contributed by atoms with E-state index in [1.807, 2.05) is 12.1 Å².